The van der Waals surface area contributed by atoms with Crippen molar-refractivity contribution in [2.45, 2.75) is 96.2 Å². The number of aliphatic hydroxyl groups excluding tert-OH is 2. The Kier molecular flexibility index (Phi) is 8.37. The Balaban J connectivity index is 1.10. The summed E-state index contributed by atoms with van der Waals surface area (Å²) < 4.78 is 38.3. The van der Waals surface area contributed by atoms with E-state index in [1.165, 1.54) is 24.6 Å². The first-order valence-corrected chi connectivity index (χ1v) is 17.8. The summed E-state index contributed by atoms with van der Waals surface area (Å²) in [4.78, 5) is 20.6. The van der Waals surface area contributed by atoms with Crippen molar-refractivity contribution < 1.29 is 32.6 Å². The Morgan fingerprint density at radius 3 is 2.52 bits per heavy atom. The number of pyridine rings is 1. The highest BCUT2D eigenvalue weighted by molar-refractivity contribution is 7.90. The molecule has 44 heavy (non-hydrogen) atoms. The number of hydrogen-bond acceptors (Lipinski definition) is 9. The molecule has 0 bridgehead atoms. The Hall–Kier alpha value is -2.50. The van der Waals surface area contributed by atoms with Gasteiger partial charge in [0.1, 0.15) is 16.9 Å². The quantitative estimate of drug-likeness (QED) is 0.365. The Labute approximate surface area is 260 Å². The van der Waals surface area contributed by atoms with E-state index in [4.69, 9.17) is 9.15 Å². The summed E-state index contributed by atoms with van der Waals surface area (Å²) in [7, 11) is -4.17. The lowest BCUT2D eigenvalue weighted by Gasteiger charge is -2.64. The average Bonchev–Trinajstić information content (AvgIpc) is 3.65. The fourth-order valence-electron chi connectivity index (χ4n) is 10.5. The number of nitrogens with zero attached hydrogens (tertiary/aromatic N) is 2. The van der Waals surface area contributed by atoms with E-state index in [-0.39, 0.29) is 58.2 Å². The number of oxazole rings is 1. The van der Waals surface area contributed by atoms with Gasteiger partial charge in [-0.3, -0.25) is 0 Å². The highest BCUT2D eigenvalue weighted by Crippen LogP contribution is 2.69. The van der Waals surface area contributed by atoms with Crippen LogP contribution in [-0.2, 0) is 14.8 Å². The SMILES string of the molecule is CC[C@H]1[C@@H](O)[C@@H]2[C@H](CC[C@]3(C)[C@@H]([C@H](C)COC(=O)NS(=O)(=O)c4ccc(-c5ncco5)nc4)CC[C@@H]23)[C@@]2(C)CC[C@@H](O)C[C@@H]12. The minimum Gasteiger partial charge on any atom is -0.449 e. The van der Waals surface area contributed by atoms with Crippen LogP contribution >= 0.6 is 0 Å². The maximum atomic E-state index is 12.8. The van der Waals surface area contributed by atoms with Gasteiger partial charge >= 0.3 is 6.09 Å². The molecule has 0 spiro atoms. The van der Waals surface area contributed by atoms with Gasteiger partial charge in [0.25, 0.3) is 10.0 Å². The van der Waals surface area contributed by atoms with Crippen molar-refractivity contribution in [2.75, 3.05) is 6.61 Å². The van der Waals surface area contributed by atoms with E-state index in [1.54, 1.807) is 0 Å². The number of carbonyl (C=O) groups is 1. The number of fused-ring (bicyclic) bond motifs is 5. The number of aromatic nitrogens is 2. The molecule has 11 atom stereocenters. The molecule has 4 saturated carbocycles. The number of sulfonamides is 1. The second-order valence-corrected chi connectivity index (χ2v) is 16.2. The lowest BCUT2D eigenvalue weighted by molar-refractivity contribution is -0.203. The molecule has 0 aliphatic heterocycles. The van der Waals surface area contributed by atoms with Crippen LogP contribution < -0.4 is 4.72 Å². The molecule has 4 fully saturated rings. The van der Waals surface area contributed by atoms with E-state index in [1.807, 2.05) is 4.72 Å². The second kappa shape index (κ2) is 11.7. The fraction of sp³-hybridized carbons (Fsp3) is 0.727. The smallest absolute Gasteiger partial charge is 0.421 e. The van der Waals surface area contributed by atoms with Gasteiger partial charge in [-0.15, -0.1) is 0 Å². The highest BCUT2D eigenvalue weighted by Gasteiger charge is 2.64. The number of aliphatic hydroxyl groups is 2. The predicted octanol–water partition coefficient (Wildman–Crippen LogP) is 5.41. The first kappa shape index (κ1) is 31.5. The van der Waals surface area contributed by atoms with Crippen LogP contribution in [0.5, 0.6) is 0 Å². The third kappa shape index (κ3) is 5.26. The first-order valence-electron chi connectivity index (χ1n) is 16.3. The maximum absolute atomic E-state index is 12.8. The average molecular weight is 630 g/mol. The standard InChI is InChI=1S/C33H47N3O7S/c1-5-22-26-16-20(37)10-12-33(26,4)25-11-13-32(3)23(7-8-24(32)28(25)29(22)38)19(2)18-43-31(39)36-44(40,41)21-6-9-27(35-17-21)30-34-14-15-42-30/h6,9,14-15,17,19-20,22-26,28-29,37-38H,5,7-8,10-13,16,18H2,1-4H3,(H,36,39)/t19-,20-,22-,23-,24+,25+,26+,28+,29-,32-,33-/m1/s1. The molecule has 4 aliphatic rings. The molecular formula is C33H47N3O7S. The van der Waals surface area contributed by atoms with Crippen LogP contribution in [0.2, 0.25) is 0 Å². The zero-order chi connectivity index (χ0) is 31.4. The number of carbonyl (C=O) groups excluding carboxylic acids is 1. The number of hydrogen-bond donors (Lipinski definition) is 3. The summed E-state index contributed by atoms with van der Waals surface area (Å²) in [5.41, 5.74) is 0.534. The minimum absolute atomic E-state index is 0.0133. The van der Waals surface area contributed by atoms with Crippen molar-refractivity contribution in [3.8, 4) is 11.6 Å². The number of ether oxygens (including phenoxy) is 1. The molecule has 4 aliphatic carbocycles. The van der Waals surface area contributed by atoms with E-state index >= 15 is 0 Å². The van der Waals surface area contributed by atoms with Gasteiger partial charge in [-0.1, -0.05) is 34.1 Å². The molecule has 10 nitrogen and oxygen atoms in total. The lowest BCUT2D eigenvalue weighted by atomic mass is 9.41. The predicted molar refractivity (Wildman–Crippen MR) is 162 cm³/mol. The summed E-state index contributed by atoms with van der Waals surface area (Å²) in [5.74, 6) is 2.25. The van der Waals surface area contributed by atoms with Gasteiger partial charge in [-0.2, -0.15) is 0 Å². The molecule has 3 N–H and O–H groups in total. The number of amides is 1. The topological polar surface area (TPSA) is 152 Å². The van der Waals surface area contributed by atoms with Gasteiger partial charge in [0.05, 0.1) is 25.0 Å². The minimum atomic E-state index is -4.17. The van der Waals surface area contributed by atoms with Crippen molar-refractivity contribution in [1.82, 2.24) is 14.7 Å². The van der Waals surface area contributed by atoms with Gasteiger partial charge in [0.2, 0.25) is 5.89 Å². The van der Waals surface area contributed by atoms with Gasteiger partial charge in [-0.05, 0) is 109 Å². The molecule has 2 aromatic rings. The molecule has 2 heterocycles. The van der Waals surface area contributed by atoms with E-state index in [9.17, 15) is 23.4 Å². The van der Waals surface area contributed by atoms with E-state index in [2.05, 4.69) is 37.7 Å². The summed E-state index contributed by atoms with van der Waals surface area (Å²) in [6, 6.07) is 2.80. The molecule has 242 valence electrons. The van der Waals surface area contributed by atoms with Crippen LogP contribution in [0.25, 0.3) is 11.6 Å². The largest absolute Gasteiger partial charge is 0.449 e. The van der Waals surface area contributed by atoms with Crippen LogP contribution in [-0.4, -0.2) is 53.5 Å². The molecule has 0 unspecified atom stereocenters. The molecular weight excluding hydrogens is 582 g/mol. The normalized spacial score (nSPS) is 39.0. The van der Waals surface area contributed by atoms with Gasteiger partial charge in [0, 0.05) is 6.20 Å². The molecule has 11 heteroatoms. The van der Waals surface area contributed by atoms with Crippen molar-refractivity contribution in [3.63, 3.8) is 0 Å². The summed E-state index contributed by atoms with van der Waals surface area (Å²) in [5, 5.41) is 22.4. The number of nitrogens with one attached hydrogen (secondary N) is 1. The van der Waals surface area contributed by atoms with E-state index in [0.29, 0.717) is 29.4 Å². The zero-order valence-corrected chi connectivity index (χ0v) is 27.0. The third-order valence-corrected chi connectivity index (χ3v) is 13.8. The van der Waals surface area contributed by atoms with Crippen molar-refractivity contribution in [1.29, 1.82) is 0 Å². The number of rotatable bonds is 7. The van der Waals surface area contributed by atoms with Gasteiger partial charge < -0.3 is 19.4 Å². The Morgan fingerprint density at radius 2 is 1.84 bits per heavy atom. The van der Waals surface area contributed by atoms with Crippen LogP contribution in [0.4, 0.5) is 4.79 Å². The molecule has 1 amide bonds. The van der Waals surface area contributed by atoms with Crippen LogP contribution in [0, 0.1) is 52.3 Å². The van der Waals surface area contributed by atoms with E-state index in [0.717, 1.165) is 57.6 Å². The Bertz CT molecular complexity index is 1430. The summed E-state index contributed by atoms with van der Waals surface area (Å²) in [6.45, 7) is 9.19. The third-order valence-electron chi connectivity index (χ3n) is 12.5. The zero-order valence-electron chi connectivity index (χ0n) is 26.2. The first-order chi connectivity index (χ1) is 20.9. The van der Waals surface area contributed by atoms with Crippen molar-refractivity contribution in [3.05, 3.63) is 30.8 Å². The fourth-order valence-corrected chi connectivity index (χ4v) is 11.3. The second-order valence-electron chi connectivity index (χ2n) is 14.5. The molecule has 0 radical (unpaired) electrons. The van der Waals surface area contributed by atoms with Crippen molar-refractivity contribution >= 4 is 16.1 Å². The molecule has 2 aromatic heterocycles. The van der Waals surface area contributed by atoms with E-state index < -0.39 is 16.1 Å². The summed E-state index contributed by atoms with van der Waals surface area (Å²) in [6.07, 6.45) is 10.2. The molecule has 6 rings (SSSR count). The highest BCUT2D eigenvalue weighted by atomic mass is 32.2. The Morgan fingerprint density at radius 1 is 1.09 bits per heavy atom. The molecule has 0 aromatic carbocycles. The summed E-state index contributed by atoms with van der Waals surface area (Å²) >= 11 is 0. The van der Waals surface area contributed by atoms with Crippen LogP contribution in [0.3, 0.4) is 0 Å². The maximum Gasteiger partial charge on any atom is 0.421 e. The van der Waals surface area contributed by atoms with Crippen molar-refractivity contribution in [2.24, 2.45) is 52.3 Å². The van der Waals surface area contributed by atoms with Gasteiger partial charge in [-0.25, -0.2) is 27.9 Å². The molecule has 0 saturated heterocycles. The van der Waals surface area contributed by atoms with Crippen LogP contribution in [0.15, 0.2) is 40.1 Å². The van der Waals surface area contributed by atoms with Crippen LogP contribution in [0.1, 0.15) is 79.1 Å². The monoisotopic (exact) mass is 629 g/mol. The van der Waals surface area contributed by atoms with Gasteiger partial charge in [0.15, 0.2) is 0 Å². The lowest BCUT2D eigenvalue weighted by Crippen LogP contribution is -2.62.